The fourth-order valence-corrected chi connectivity index (χ4v) is 1.21. The molecule has 0 aromatic heterocycles. The number of hydrogen-bond acceptors (Lipinski definition) is 5. The Kier molecular flexibility index (Phi) is 7.51. The lowest BCUT2D eigenvalue weighted by Gasteiger charge is -2.09. The molecule has 0 aromatic rings. The van der Waals surface area contributed by atoms with E-state index in [1.165, 1.54) is 14.2 Å². The highest BCUT2D eigenvalue weighted by atomic mass is 16.5. The van der Waals surface area contributed by atoms with Crippen LogP contribution in [0.25, 0.3) is 0 Å². The second kappa shape index (κ2) is 8.33. The Balaban J connectivity index is 4.98. The maximum atomic E-state index is 11.3. The Hall–Kier alpha value is -1.78. The van der Waals surface area contributed by atoms with Crippen LogP contribution in [0.1, 0.15) is 19.8 Å². The zero-order valence-corrected chi connectivity index (χ0v) is 11.6. The minimum atomic E-state index is -0.369. The minimum Gasteiger partial charge on any atom is -0.469 e. The summed E-state index contributed by atoms with van der Waals surface area (Å²) < 4.78 is 9.22. The number of carbonyl (C=O) groups excluding carboxylic acids is 2. The maximum Gasteiger partial charge on any atom is 0.309 e. The van der Waals surface area contributed by atoms with Crippen molar-refractivity contribution in [1.82, 2.24) is 4.90 Å². The summed E-state index contributed by atoms with van der Waals surface area (Å²) in [5.74, 6) is -0.738. The second-order valence-corrected chi connectivity index (χ2v) is 4.07. The van der Waals surface area contributed by atoms with Crippen LogP contribution in [0.3, 0.4) is 0 Å². The van der Waals surface area contributed by atoms with E-state index in [2.05, 4.69) is 9.47 Å². The van der Waals surface area contributed by atoms with E-state index in [9.17, 15) is 9.59 Å². The third-order valence-electron chi connectivity index (χ3n) is 2.35. The molecule has 0 amide bonds. The Morgan fingerprint density at radius 2 is 1.50 bits per heavy atom. The molecule has 0 saturated heterocycles. The average Bonchev–Trinajstić information content (AvgIpc) is 2.34. The molecule has 5 nitrogen and oxygen atoms in total. The lowest BCUT2D eigenvalue weighted by molar-refractivity contribution is -0.140. The summed E-state index contributed by atoms with van der Waals surface area (Å²) in [5, 5.41) is 0. The highest BCUT2D eigenvalue weighted by Crippen LogP contribution is 2.16. The van der Waals surface area contributed by atoms with Crippen molar-refractivity contribution in [3.05, 3.63) is 23.4 Å². The lowest BCUT2D eigenvalue weighted by atomic mass is 10.0. The second-order valence-electron chi connectivity index (χ2n) is 4.07. The third-order valence-corrected chi connectivity index (χ3v) is 2.35. The molecule has 0 aliphatic heterocycles. The maximum absolute atomic E-state index is 11.3. The normalized spacial score (nSPS) is 10.1. The molecule has 0 aliphatic rings. The number of hydrogen-bond donors (Lipinski definition) is 0. The summed E-state index contributed by atoms with van der Waals surface area (Å²) in [5.41, 5.74) is 1.56. The molecule has 0 radical (unpaired) electrons. The zero-order valence-electron chi connectivity index (χ0n) is 11.6. The van der Waals surface area contributed by atoms with E-state index < -0.39 is 0 Å². The van der Waals surface area contributed by atoms with Crippen molar-refractivity contribution < 1.29 is 19.1 Å². The highest BCUT2D eigenvalue weighted by molar-refractivity contribution is 5.78. The number of methoxy groups -OCH3 is 2. The number of ether oxygens (including phenoxy) is 2. The summed E-state index contributed by atoms with van der Waals surface area (Å²) in [6, 6.07) is 0. The number of allylic oxidation sites excluding steroid dienone is 2. The van der Waals surface area contributed by atoms with Gasteiger partial charge in [-0.15, -0.1) is 0 Å². The molecule has 0 spiro atoms. The average molecular weight is 255 g/mol. The quantitative estimate of drug-likeness (QED) is 0.532. The van der Waals surface area contributed by atoms with E-state index in [1.54, 1.807) is 0 Å². The molecule has 0 saturated carbocycles. The van der Waals surface area contributed by atoms with Gasteiger partial charge in [-0.3, -0.25) is 9.59 Å². The van der Waals surface area contributed by atoms with Gasteiger partial charge in [0.25, 0.3) is 0 Å². The molecule has 0 heterocycles. The third kappa shape index (κ3) is 6.73. The van der Waals surface area contributed by atoms with Crippen molar-refractivity contribution in [2.75, 3.05) is 28.3 Å². The molecule has 0 atom stereocenters. The predicted octanol–water partition coefficient (Wildman–Crippen LogP) is 1.50. The molecule has 0 unspecified atom stereocenters. The summed E-state index contributed by atoms with van der Waals surface area (Å²) in [6.07, 6.45) is 3.88. The first-order valence-corrected chi connectivity index (χ1v) is 5.57. The van der Waals surface area contributed by atoms with Crippen LogP contribution in [0.4, 0.5) is 0 Å². The van der Waals surface area contributed by atoms with Crippen LogP contribution in [0.15, 0.2) is 23.4 Å². The Bertz CT molecular complexity index is 336. The van der Waals surface area contributed by atoms with Gasteiger partial charge in [0.05, 0.1) is 27.1 Å². The van der Waals surface area contributed by atoms with E-state index in [-0.39, 0.29) is 24.8 Å². The van der Waals surface area contributed by atoms with Crippen LogP contribution in [-0.4, -0.2) is 45.2 Å². The van der Waals surface area contributed by atoms with E-state index >= 15 is 0 Å². The Morgan fingerprint density at radius 3 is 1.83 bits per heavy atom. The van der Waals surface area contributed by atoms with Gasteiger partial charge in [0, 0.05) is 14.1 Å². The van der Waals surface area contributed by atoms with Gasteiger partial charge >= 0.3 is 11.9 Å². The summed E-state index contributed by atoms with van der Waals surface area (Å²) in [7, 11) is 6.43. The molecule has 0 N–H and O–H groups in total. The number of carbonyl (C=O) groups is 2. The molecule has 0 aliphatic carbocycles. The summed E-state index contributed by atoms with van der Waals surface area (Å²) in [6.45, 7) is 1.85. The van der Waals surface area contributed by atoms with Gasteiger partial charge < -0.3 is 14.4 Å². The topological polar surface area (TPSA) is 55.8 Å². The van der Waals surface area contributed by atoms with Crippen molar-refractivity contribution in [2.24, 2.45) is 0 Å². The van der Waals surface area contributed by atoms with Crippen molar-refractivity contribution >= 4 is 11.9 Å². The molecule has 0 rings (SSSR count). The van der Waals surface area contributed by atoms with Crippen molar-refractivity contribution in [3.8, 4) is 0 Å². The first-order valence-electron chi connectivity index (χ1n) is 5.57. The monoisotopic (exact) mass is 255 g/mol. The van der Waals surface area contributed by atoms with Crippen LogP contribution in [0.2, 0.25) is 0 Å². The molecule has 0 bridgehead atoms. The van der Waals surface area contributed by atoms with Gasteiger partial charge in [0.15, 0.2) is 0 Å². The Labute approximate surface area is 108 Å². The molecule has 102 valence electrons. The number of nitrogens with zero attached hydrogens (tertiary/aromatic N) is 1. The van der Waals surface area contributed by atoms with Crippen molar-refractivity contribution in [2.45, 2.75) is 19.8 Å². The Morgan fingerprint density at radius 1 is 1.06 bits per heavy atom. The molecular formula is C13H21NO4. The molecule has 5 heteroatoms. The minimum absolute atomic E-state index is 0.0925. The molecule has 0 aromatic carbocycles. The number of esters is 2. The van der Waals surface area contributed by atoms with Gasteiger partial charge in [-0.2, -0.15) is 0 Å². The molecule has 18 heavy (non-hydrogen) atoms. The van der Waals surface area contributed by atoms with Gasteiger partial charge in [-0.1, -0.05) is 0 Å². The van der Waals surface area contributed by atoms with E-state index in [0.717, 1.165) is 5.57 Å². The van der Waals surface area contributed by atoms with Crippen molar-refractivity contribution in [3.63, 3.8) is 0 Å². The highest BCUT2D eigenvalue weighted by Gasteiger charge is 2.13. The summed E-state index contributed by atoms with van der Waals surface area (Å²) >= 11 is 0. The first kappa shape index (κ1) is 16.2. The predicted molar refractivity (Wildman–Crippen MR) is 68.8 cm³/mol. The van der Waals surface area contributed by atoms with Crippen molar-refractivity contribution in [1.29, 1.82) is 0 Å². The molecular weight excluding hydrogens is 234 g/mol. The zero-order chi connectivity index (χ0) is 14.1. The van der Waals surface area contributed by atoms with Crippen LogP contribution < -0.4 is 0 Å². The largest absolute Gasteiger partial charge is 0.469 e. The SMILES string of the molecule is COC(=O)CC(CC(=O)OC)=C(C)/C=C/N(C)C. The van der Waals surface area contributed by atoms with Crippen LogP contribution in [0.5, 0.6) is 0 Å². The number of rotatable bonds is 6. The fraction of sp³-hybridized carbons (Fsp3) is 0.538. The van der Waals surface area contributed by atoms with Gasteiger partial charge in [-0.05, 0) is 30.3 Å². The van der Waals surface area contributed by atoms with E-state index in [0.29, 0.717) is 5.57 Å². The molecule has 0 fully saturated rings. The van der Waals surface area contributed by atoms with Gasteiger partial charge in [0.2, 0.25) is 0 Å². The van der Waals surface area contributed by atoms with Crippen LogP contribution in [-0.2, 0) is 19.1 Å². The van der Waals surface area contributed by atoms with E-state index in [1.807, 2.05) is 38.2 Å². The standard InChI is InChI=1S/C13H21NO4/c1-10(6-7-14(2)3)11(8-12(15)17-4)9-13(16)18-5/h6-7H,8-9H2,1-5H3/b7-6+. The smallest absolute Gasteiger partial charge is 0.309 e. The van der Waals surface area contributed by atoms with Gasteiger partial charge in [0.1, 0.15) is 0 Å². The van der Waals surface area contributed by atoms with Gasteiger partial charge in [-0.25, -0.2) is 0 Å². The van der Waals surface area contributed by atoms with Crippen LogP contribution in [0, 0.1) is 0 Å². The summed E-state index contributed by atoms with van der Waals surface area (Å²) in [4.78, 5) is 24.5. The van der Waals surface area contributed by atoms with Crippen LogP contribution >= 0.6 is 0 Å². The lowest BCUT2D eigenvalue weighted by Crippen LogP contribution is -2.09. The van der Waals surface area contributed by atoms with E-state index in [4.69, 9.17) is 0 Å². The fourth-order valence-electron chi connectivity index (χ4n) is 1.21. The first-order chi connectivity index (χ1) is 8.40.